The Balaban J connectivity index is 1.51. The van der Waals surface area contributed by atoms with Gasteiger partial charge in [0.25, 0.3) is 0 Å². The van der Waals surface area contributed by atoms with E-state index in [0.29, 0.717) is 12.5 Å². The van der Waals surface area contributed by atoms with Gasteiger partial charge in [-0.2, -0.15) is 0 Å². The van der Waals surface area contributed by atoms with Crippen LogP contribution in [0.25, 0.3) is 22.0 Å². The zero-order chi connectivity index (χ0) is 21.8. The number of fused-ring (bicyclic) bond motifs is 1. The summed E-state index contributed by atoms with van der Waals surface area (Å²) in [5.74, 6) is 1.47. The van der Waals surface area contributed by atoms with E-state index in [2.05, 4.69) is 49.8 Å². The molecule has 0 radical (unpaired) electrons. The minimum absolute atomic E-state index is 0.602. The van der Waals surface area contributed by atoms with Crippen LogP contribution in [0.15, 0.2) is 67.1 Å². The molecule has 0 atom stereocenters. The zero-order valence-corrected chi connectivity index (χ0v) is 18.1. The summed E-state index contributed by atoms with van der Waals surface area (Å²) in [7, 11) is 1.71. The Bertz CT molecular complexity index is 1210. The predicted molar refractivity (Wildman–Crippen MR) is 128 cm³/mol. The fourth-order valence-electron chi connectivity index (χ4n) is 4.05. The van der Waals surface area contributed by atoms with Crippen LogP contribution in [0.1, 0.15) is 5.56 Å². The summed E-state index contributed by atoms with van der Waals surface area (Å²) >= 11 is 0. The van der Waals surface area contributed by atoms with Gasteiger partial charge >= 0.3 is 0 Å². The lowest BCUT2D eigenvalue weighted by Gasteiger charge is -2.31. The summed E-state index contributed by atoms with van der Waals surface area (Å²) in [5.41, 5.74) is 4.26. The molecule has 2 aromatic heterocycles. The molecule has 32 heavy (non-hydrogen) atoms. The maximum Gasteiger partial charge on any atom is 0.223 e. The molecule has 0 amide bonds. The lowest BCUT2D eigenvalue weighted by atomic mass is 10.0. The second-order valence-electron chi connectivity index (χ2n) is 7.80. The van der Waals surface area contributed by atoms with Crippen molar-refractivity contribution >= 4 is 22.4 Å². The van der Waals surface area contributed by atoms with Crippen molar-refractivity contribution in [2.45, 2.75) is 6.54 Å². The molecule has 162 valence electrons. The Labute approximate surface area is 187 Å². The van der Waals surface area contributed by atoms with Crippen LogP contribution in [0, 0.1) is 0 Å². The number of piperazine rings is 1. The summed E-state index contributed by atoms with van der Waals surface area (Å²) in [5, 5.41) is 9.10. The van der Waals surface area contributed by atoms with Gasteiger partial charge in [0.05, 0.1) is 12.8 Å². The van der Waals surface area contributed by atoms with E-state index in [-0.39, 0.29) is 0 Å². The van der Waals surface area contributed by atoms with E-state index in [4.69, 9.17) is 9.72 Å². The van der Waals surface area contributed by atoms with Crippen LogP contribution in [0.5, 0.6) is 5.75 Å². The van der Waals surface area contributed by atoms with Crippen molar-refractivity contribution in [2.24, 2.45) is 0 Å². The molecule has 4 aromatic rings. The number of hydrogen-bond acceptors (Lipinski definition) is 7. The highest BCUT2D eigenvalue weighted by Gasteiger charge is 2.16. The van der Waals surface area contributed by atoms with Gasteiger partial charge in [0, 0.05) is 68.0 Å². The topological polar surface area (TPSA) is 75.2 Å². The number of methoxy groups -OCH3 is 1. The highest BCUT2D eigenvalue weighted by molar-refractivity contribution is 5.98. The maximum absolute atomic E-state index is 5.49. The number of anilines is 2. The largest absolute Gasteiger partial charge is 0.497 e. The summed E-state index contributed by atoms with van der Waals surface area (Å²) in [6.45, 7) is 4.52. The van der Waals surface area contributed by atoms with Crippen LogP contribution in [0.4, 0.5) is 11.6 Å². The van der Waals surface area contributed by atoms with E-state index >= 15 is 0 Å². The first-order valence-corrected chi connectivity index (χ1v) is 10.8. The van der Waals surface area contributed by atoms with Crippen molar-refractivity contribution in [2.75, 3.05) is 43.5 Å². The van der Waals surface area contributed by atoms with Gasteiger partial charge in [0.15, 0.2) is 0 Å². The minimum Gasteiger partial charge on any atom is -0.497 e. The third-order valence-electron chi connectivity index (χ3n) is 5.72. The summed E-state index contributed by atoms with van der Waals surface area (Å²) in [6.07, 6.45) is 5.41. The molecule has 0 aliphatic carbocycles. The van der Waals surface area contributed by atoms with E-state index in [1.54, 1.807) is 19.5 Å². The Morgan fingerprint density at radius 1 is 1.06 bits per heavy atom. The van der Waals surface area contributed by atoms with E-state index in [9.17, 15) is 0 Å². The molecule has 5 rings (SSSR count). The second-order valence-corrected chi connectivity index (χ2v) is 7.80. The third kappa shape index (κ3) is 4.33. The lowest BCUT2D eigenvalue weighted by Crippen LogP contribution is -2.43. The average Bonchev–Trinajstić information content (AvgIpc) is 2.88. The highest BCUT2D eigenvalue weighted by Crippen LogP contribution is 2.35. The zero-order valence-electron chi connectivity index (χ0n) is 18.1. The van der Waals surface area contributed by atoms with Gasteiger partial charge in [-0.1, -0.05) is 12.1 Å². The molecule has 0 spiro atoms. The molecule has 7 heteroatoms. The Morgan fingerprint density at radius 3 is 2.78 bits per heavy atom. The van der Waals surface area contributed by atoms with Crippen LogP contribution >= 0.6 is 0 Å². The van der Waals surface area contributed by atoms with Gasteiger partial charge in [-0.15, -0.1) is 0 Å². The minimum atomic E-state index is 0.602. The predicted octanol–water partition coefficient (Wildman–Crippen LogP) is 3.72. The molecule has 0 saturated carbocycles. The number of ether oxygens (including phenoxy) is 1. The first-order chi connectivity index (χ1) is 15.8. The second kappa shape index (κ2) is 9.20. The quantitative estimate of drug-likeness (QED) is 0.487. The van der Waals surface area contributed by atoms with E-state index in [1.165, 1.54) is 16.5 Å². The first-order valence-electron chi connectivity index (χ1n) is 10.8. The average molecular weight is 427 g/mol. The summed E-state index contributed by atoms with van der Waals surface area (Å²) in [4.78, 5) is 15.8. The van der Waals surface area contributed by atoms with Crippen molar-refractivity contribution in [1.82, 2.24) is 20.3 Å². The molecule has 2 aromatic carbocycles. The molecule has 0 bridgehead atoms. The van der Waals surface area contributed by atoms with Crippen LogP contribution < -0.4 is 20.3 Å². The SMILES string of the molecule is COc1ccc2cc(-c3ccnc(NCc4cccnc4)n3)cc(N3CCNCC3)c2c1. The first kappa shape index (κ1) is 20.2. The molecule has 1 aliphatic heterocycles. The molecule has 7 nitrogen and oxygen atoms in total. The summed E-state index contributed by atoms with van der Waals surface area (Å²) < 4.78 is 5.49. The van der Waals surface area contributed by atoms with Crippen molar-refractivity contribution in [3.63, 3.8) is 0 Å². The number of pyridine rings is 1. The van der Waals surface area contributed by atoms with Crippen LogP contribution in [-0.4, -0.2) is 48.2 Å². The van der Waals surface area contributed by atoms with Gasteiger partial charge < -0.3 is 20.3 Å². The molecule has 2 N–H and O–H groups in total. The number of benzene rings is 2. The molecule has 1 aliphatic rings. The fraction of sp³-hybridized carbons (Fsp3) is 0.240. The summed E-state index contributed by atoms with van der Waals surface area (Å²) in [6, 6.07) is 16.6. The van der Waals surface area contributed by atoms with Crippen molar-refractivity contribution < 1.29 is 4.74 Å². The van der Waals surface area contributed by atoms with Crippen LogP contribution in [0.2, 0.25) is 0 Å². The van der Waals surface area contributed by atoms with Gasteiger partial charge in [0.2, 0.25) is 5.95 Å². The standard InChI is InChI=1S/C25H26N6O/c1-32-21-5-4-19-13-20(14-24(22(19)15-21)31-11-9-26-10-12-31)23-6-8-28-25(30-23)29-17-18-3-2-7-27-16-18/h2-8,13-16,26H,9-12,17H2,1H3,(H,28,29,30). The van der Waals surface area contributed by atoms with Crippen molar-refractivity contribution in [1.29, 1.82) is 0 Å². The molecule has 0 unspecified atom stereocenters. The Morgan fingerprint density at radius 2 is 1.97 bits per heavy atom. The van der Waals surface area contributed by atoms with E-state index < -0.39 is 0 Å². The Hall–Kier alpha value is -3.71. The van der Waals surface area contributed by atoms with Crippen molar-refractivity contribution in [3.05, 3.63) is 72.7 Å². The number of hydrogen-bond donors (Lipinski definition) is 2. The highest BCUT2D eigenvalue weighted by atomic mass is 16.5. The fourth-order valence-corrected chi connectivity index (χ4v) is 4.05. The van der Waals surface area contributed by atoms with Gasteiger partial charge in [-0.05, 0) is 47.3 Å². The lowest BCUT2D eigenvalue weighted by molar-refractivity contribution is 0.415. The number of aromatic nitrogens is 3. The van der Waals surface area contributed by atoms with Gasteiger partial charge in [0.1, 0.15) is 5.75 Å². The molecule has 1 saturated heterocycles. The third-order valence-corrected chi connectivity index (χ3v) is 5.72. The van der Waals surface area contributed by atoms with E-state index in [0.717, 1.165) is 48.7 Å². The van der Waals surface area contributed by atoms with Crippen molar-refractivity contribution in [3.8, 4) is 17.0 Å². The monoisotopic (exact) mass is 426 g/mol. The molecule has 3 heterocycles. The van der Waals surface area contributed by atoms with E-state index in [1.807, 2.05) is 30.5 Å². The number of nitrogens with zero attached hydrogens (tertiary/aromatic N) is 4. The normalized spacial score (nSPS) is 13.8. The Kier molecular flexibility index (Phi) is 5.81. The maximum atomic E-state index is 5.49. The van der Waals surface area contributed by atoms with Crippen LogP contribution in [0.3, 0.4) is 0 Å². The van der Waals surface area contributed by atoms with Gasteiger partial charge in [-0.3, -0.25) is 4.98 Å². The number of nitrogens with one attached hydrogen (secondary N) is 2. The van der Waals surface area contributed by atoms with Gasteiger partial charge in [-0.25, -0.2) is 9.97 Å². The molecular formula is C25H26N6O. The number of rotatable bonds is 6. The molecular weight excluding hydrogens is 400 g/mol. The van der Waals surface area contributed by atoms with Crippen LogP contribution in [-0.2, 0) is 6.54 Å². The molecule has 1 fully saturated rings. The smallest absolute Gasteiger partial charge is 0.223 e.